The zero-order valence-corrected chi connectivity index (χ0v) is 13.6. The van der Waals surface area contributed by atoms with E-state index in [0.717, 1.165) is 30.8 Å². The third-order valence-electron chi connectivity index (χ3n) is 4.20. The maximum absolute atomic E-state index is 12.7. The van der Waals surface area contributed by atoms with Crippen LogP contribution in [0.5, 0.6) is 0 Å². The van der Waals surface area contributed by atoms with E-state index in [-0.39, 0.29) is 11.8 Å². The molecule has 7 nitrogen and oxygen atoms in total. The van der Waals surface area contributed by atoms with Crippen LogP contribution in [0.2, 0.25) is 0 Å². The Kier molecular flexibility index (Phi) is 4.55. The highest BCUT2D eigenvalue weighted by Gasteiger charge is 2.28. The number of rotatable bonds is 4. The van der Waals surface area contributed by atoms with Gasteiger partial charge in [-0.25, -0.2) is 4.98 Å². The number of anilines is 1. The topological polar surface area (TPSA) is 67.2 Å². The minimum Gasteiger partial charge on any atom is -0.355 e. The Morgan fingerprint density at radius 2 is 2.26 bits per heavy atom. The number of hydrogen-bond acceptors (Lipinski definition) is 5. The second-order valence-electron chi connectivity index (χ2n) is 6.07. The average Bonchev–Trinajstić information content (AvgIpc) is 3.00. The van der Waals surface area contributed by atoms with E-state index in [4.69, 9.17) is 0 Å². The average molecular weight is 314 g/mol. The fourth-order valence-corrected chi connectivity index (χ4v) is 3.06. The van der Waals surface area contributed by atoms with Crippen LogP contribution in [-0.2, 0) is 18.4 Å². The van der Waals surface area contributed by atoms with E-state index in [1.54, 1.807) is 34.4 Å². The Balaban J connectivity index is 1.62. The summed E-state index contributed by atoms with van der Waals surface area (Å²) in [5.41, 5.74) is 1.05. The molecule has 1 fully saturated rings. The third-order valence-corrected chi connectivity index (χ3v) is 4.20. The molecule has 23 heavy (non-hydrogen) atoms. The molecule has 1 amide bonds. The van der Waals surface area contributed by atoms with E-state index in [1.165, 1.54) is 0 Å². The van der Waals surface area contributed by atoms with E-state index in [9.17, 15) is 4.79 Å². The van der Waals surface area contributed by atoms with Crippen molar-refractivity contribution >= 4 is 11.7 Å². The van der Waals surface area contributed by atoms with Crippen molar-refractivity contribution in [2.75, 3.05) is 25.0 Å². The largest absolute Gasteiger partial charge is 0.355 e. The van der Waals surface area contributed by atoms with Gasteiger partial charge >= 0.3 is 0 Å². The van der Waals surface area contributed by atoms with Gasteiger partial charge in [-0.15, -0.1) is 0 Å². The van der Waals surface area contributed by atoms with Crippen molar-refractivity contribution in [2.24, 2.45) is 13.0 Å². The van der Waals surface area contributed by atoms with Gasteiger partial charge in [-0.05, 0) is 12.8 Å². The SMILES string of the molecule is CN(Cc1cnn(C)c1)C(=O)[C@@H]1CCCN(c2cnccn2)C1. The molecule has 0 aliphatic carbocycles. The van der Waals surface area contributed by atoms with E-state index in [1.807, 2.05) is 20.3 Å². The van der Waals surface area contributed by atoms with Crippen molar-refractivity contribution < 1.29 is 4.79 Å². The van der Waals surface area contributed by atoms with Gasteiger partial charge in [0.15, 0.2) is 0 Å². The summed E-state index contributed by atoms with van der Waals surface area (Å²) < 4.78 is 1.75. The predicted molar refractivity (Wildman–Crippen MR) is 86.7 cm³/mol. The fraction of sp³-hybridized carbons (Fsp3) is 0.500. The molecule has 1 aliphatic heterocycles. The normalized spacial score (nSPS) is 18.0. The molecule has 2 aromatic rings. The first-order valence-electron chi connectivity index (χ1n) is 7.87. The lowest BCUT2D eigenvalue weighted by Crippen LogP contribution is -2.43. The van der Waals surface area contributed by atoms with Crippen LogP contribution < -0.4 is 4.90 Å². The number of amides is 1. The van der Waals surface area contributed by atoms with Gasteiger partial charge in [0.1, 0.15) is 5.82 Å². The number of hydrogen-bond donors (Lipinski definition) is 0. The highest BCUT2D eigenvalue weighted by Crippen LogP contribution is 2.22. The van der Waals surface area contributed by atoms with Crippen molar-refractivity contribution in [3.05, 3.63) is 36.5 Å². The number of carbonyl (C=O) groups excluding carboxylic acids is 1. The summed E-state index contributed by atoms with van der Waals surface area (Å²) in [6.45, 7) is 2.22. The molecule has 1 atom stereocenters. The molecular weight excluding hydrogens is 292 g/mol. The molecule has 0 unspecified atom stereocenters. The van der Waals surface area contributed by atoms with Crippen LogP contribution in [-0.4, -0.2) is 50.7 Å². The summed E-state index contributed by atoms with van der Waals surface area (Å²) in [6.07, 6.45) is 10.8. The summed E-state index contributed by atoms with van der Waals surface area (Å²) in [5.74, 6) is 1.04. The van der Waals surface area contributed by atoms with Crippen LogP contribution >= 0.6 is 0 Å². The number of carbonyl (C=O) groups is 1. The van der Waals surface area contributed by atoms with Crippen molar-refractivity contribution in [1.29, 1.82) is 0 Å². The third kappa shape index (κ3) is 3.67. The fourth-order valence-electron chi connectivity index (χ4n) is 3.06. The molecule has 0 bridgehead atoms. The molecule has 0 saturated carbocycles. The lowest BCUT2D eigenvalue weighted by atomic mass is 9.96. The highest BCUT2D eigenvalue weighted by atomic mass is 16.2. The minimum absolute atomic E-state index is 0.00688. The van der Waals surface area contributed by atoms with Crippen LogP contribution in [0.1, 0.15) is 18.4 Å². The Morgan fingerprint density at radius 1 is 1.39 bits per heavy atom. The molecular formula is C16H22N6O. The number of nitrogens with zero attached hydrogens (tertiary/aromatic N) is 6. The van der Waals surface area contributed by atoms with Gasteiger partial charge in [0.2, 0.25) is 5.91 Å². The molecule has 0 spiro atoms. The van der Waals surface area contributed by atoms with Crippen molar-refractivity contribution in [1.82, 2.24) is 24.6 Å². The van der Waals surface area contributed by atoms with Gasteiger partial charge < -0.3 is 9.80 Å². The van der Waals surface area contributed by atoms with E-state index < -0.39 is 0 Å². The summed E-state index contributed by atoms with van der Waals surface area (Å²) in [6, 6.07) is 0. The van der Waals surface area contributed by atoms with Gasteiger partial charge in [-0.1, -0.05) is 0 Å². The first-order valence-corrected chi connectivity index (χ1v) is 7.87. The zero-order valence-electron chi connectivity index (χ0n) is 13.6. The molecule has 2 aromatic heterocycles. The molecule has 1 aliphatic rings. The molecule has 3 rings (SSSR count). The molecule has 0 N–H and O–H groups in total. The van der Waals surface area contributed by atoms with E-state index in [2.05, 4.69) is 20.0 Å². The summed E-state index contributed by atoms with van der Waals surface area (Å²) in [4.78, 5) is 25.1. The zero-order chi connectivity index (χ0) is 16.2. The summed E-state index contributed by atoms with van der Waals surface area (Å²) >= 11 is 0. The summed E-state index contributed by atoms with van der Waals surface area (Å²) in [5, 5.41) is 4.15. The molecule has 0 aromatic carbocycles. The molecule has 7 heteroatoms. The Bertz CT molecular complexity index is 656. The Morgan fingerprint density at radius 3 is 2.96 bits per heavy atom. The monoisotopic (exact) mass is 314 g/mol. The van der Waals surface area contributed by atoms with Gasteiger partial charge in [-0.3, -0.25) is 14.5 Å². The van der Waals surface area contributed by atoms with Crippen LogP contribution in [0.4, 0.5) is 5.82 Å². The molecule has 1 saturated heterocycles. The highest BCUT2D eigenvalue weighted by molar-refractivity contribution is 5.79. The summed E-state index contributed by atoms with van der Waals surface area (Å²) in [7, 11) is 3.74. The Hall–Kier alpha value is -2.44. The van der Waals surface area contributed by atoms with Gasteiger partial charge in [0.25, 0.3) is 0 Å². The second kappa shape index (κ2) is 6.76. The quantitative estimate of drug-likeness (QED) is 0.845. The first kappa shape index (κ1) is 15.5. The second-order valence-corrected chi connectivity index (χ2v) is 6.07. The molecule has 122 valence electrons. The lowest BCUT2D eigenvalue weighted by molar-refractivity contribution is -0.135. The lowest BCUT2D eigenvalue weighted by Gasteiger charge is -2.34. The van der Waals surface area contributed by atoms with Crippen molar-refractivity contribution in [3.8, 4) is 0 Å². The number of piperidine rings is 1. The van der Waals surface area contributed by atoms with Crippen LogP contribution in [0.15, 0.2) is 31.0 Å². The standard InChI is InChI=1S/C16H22N6O/c1-20(10-13-8-19-21(2)11-13)16(23)14-4-3-7-22(12-14)15-9-17-5-6-18-15/h5-6,8-9,11,14H,3-4,7,10,12H2,1-2H3/t14-/m1/s1. The predicted octanol–water partition coefficient (Wildman–Crippen LogP) is 1.09. The molecule has 3 heterocycles. The maximum Gasteiger partial charge on any atom is 0.227 e. The smallest absolute Gasteiger partial charge is 0.227 e. The van der Waals surface area contributed by atoms with E-state index >= 15 is 0 Å². The van der Waals surface area contributed by atoms with Crippen molar-refractivity contribution in [3.63, 3.8) is 0 Å². The van der Waals surface area contributed by atoms with Gasteiger partial charge in [0, 0.05) is 57.9 Å². The van der Waals surface area contributed by atoms with Crippen LogP contribution in [0.25, 0.3) is 0 Å². The maximum atomic E-state index is 12.7. The minimum atomic E-state index is 0.00688. The van der Waals surface area contributed by atoms with Gasteiger partial charge in [-0.2, -0.15) is 5.10 Å². The Labute approximate surface area is 135 Å². The first-order chi connectivity index (χ1) is 11.1. The van der Waals surface area contributed by atoms with Crippen LogP contribution in [0.3, 0.4) is 0 Å². The van der Waals surface area contributed by atoms with Gasteiger partial charge in [0.05, 0.1) is 18.3 Å². The van der Waals surface area contributed by atoms with E-state index in [0.29, 0.717) is 13.1 Å². The molecule has 0 radical (unpaired) electrons. The van der Waals surface area contributed by atoms with Crippen LogP contribution in [0, 0.1) is 5.92 Å². The number of aryl methyl sites for hydroxylation is 1. The number of aromatic nitrogens is 4. The van der Waals surface area contributed by atoms with Crippen molar-refractivity contribution in [2.45, 2.75) is 19.4 Å².